The zero-order valence-corrected chi connectivity index (χ0v) is 10.7. The minimum absolute atomic E-state index is 0.688. The third-order valence-electron chi connectivity index (χ3n) is 2.63. The molecule has 3 nitrogen and oxygen atoms in total. The van der Waals surface area contributed by atoms with Gasteiger partial charge < -0.3 is 9.26 Å². The van der Waals surface area contributed by atoms with E-state index in [1.165, 1.54) is 0 Å². The van der Waals surface area contributed by atoms with Crippen molar-refractivity contribution in [3.05, 3.63) is 65.8 Å². The van der Waals surface area contributed by atoms with Crippen LogP contribution in [0.2, 0.25) is 5.02 Å². The Labute approximate surface area is 115 Å². The second-order valence-corrected chi connectivity index (χ2v) is 4.39. The standard InChI is InChI=1S/C15H10ClNO2/c16-12-3-7-14(8-4-12)18-13-5-1-11(2-6-13)15-9-10-17-19-15/h1-10H. The third kappa shape index (κ3) is 2.77. The summed E-state index contributed by atoms with van der Waals surface area (Å²) in [6.07, 6.45) is 1.62. The molecule has 0 N–H and O–H groups in total. The van der Waals surface area contributed by atoms with Crippen LogP contribution in [0.25, 0.3) is 11.3 Å². The SMILES string of the molecule is Clc1ccc(Oc2ccc(-c3ccno3)cc2)cc1. The fraction of sp³-hybridized carbons (Fsp3) is 0. The molecular formula is C15H10ClNO2. The van der Waals surface area contributed by atoms with Gasteiger partial charge in [0.1, 0.15) is 11.5 Å². The van der Waals surface area contributed by atoms with Crippen molar-refractivity contribution in [2.45, 2.75) is 0 Å². The second kappa shape index (κ2) is 5.16. The molecule has 0 saturated carbocycles. The van der Waals surface area contributed by atoms with Crippen LogP contribution in [0.5, 0.6) is 11.5 Å². The van der Waals surface area contributed by atoms with E-state index in [0.29, 0.717) is 5.02 Å². The van der Waals surface area contributed by atoms with Crippen molar-refractivity contribution in [2.24, 2.45) is 0 Å². The lowest BCUT2D eigenvalue weighted by Gasteiger charge is -2.06. The van der Waals surface area contributed by atoms with E-state index in [-0.39, 0.29) is 0 Å². The van der Waals surface area contributed by atoms with Crippen molar-refractivity contribution in [3.8, 4) is 22.8 Å². The van der Waals surface area contributed by atoms with Gasteiger partial charge in [0.15, 0.2) is 5.76 Å². The molecule has 4 heteroatoms. The average molecular weight is 272 g/mol. The number of hydrogen-bond acceptors (Lipinski definition) is 3. The van der Waals surface area contributed by atoms with E-state index in [2.05, 4.69) is 5.16 Å². The van der Waals surface area contributed by atoms with E-state index in [1.807, 2.05) is 42.5 Å². The van der Waals surface area contributed by atoms with Crippen molar-refractivity contribution in [2.75, 3.05) is 0 Å². The van der Waals surface area contributed by atoms with Crippen LogP contribution in [0.1, 0.15) is 0 Å². The van der Waals surface area contributed by atoms with Crippen molar-refractivity contribution in [1.82, 2.24) is 5.16 Å². The van der Waals surface area contributed by atoms with Gasteiger partial charge >= 0.3 is 0 Å². The number of aromatic nitrogens is 1. The summed E-state index contributed by atoms with van der Waals surface area (Å²) in [4.78, 5) is 0. The molecule has 0 spiro atoms. The smallest absolute Gasteiger partial charge is 0.166 e. The first-order valence-corrected chi connectivity index (χ1v) is 6.13. The maximum atomic E-state index is 5.82. The molecule has 0 radical (unpaired) electrons. The summed E-state index contributed by atoms with van der Waals surface area (Å²) >= 11 is 5.82. The van der Waals surface area contributed by atoms with E-state index < -0.39 is 0 Å². The van der Waals surface area contributed by atoms with Gasteiger partial charge in [0, 0.05) is 16.7 Å². The lowest BCUT2D eigenvalue weighted by Crippen LogP contribution is -1.83. The molecule has 0 atom stereocenters. The molecule has 19 heavy (non-hydrogen) atoms. The molecule has 2 aromatic carbocycles. The fourth-order valence-corrected chi connectivity index (χ4v) is 1.82. The molecule has 0 amide bonds. The summed E-state index contributed by atoms with van der Waals surface area (Å²) in [6, 6.07) is 16.7. The fourth-order valence-electron chi connectivity index (χ4n) is 1.69. The van der Waals surface area contributed by atoms with E-state index in [0.717, 1.165) is 22.8 Å². The van der Waals surface area contributed by atoms with Gasteiger partial charge in [-0.15, -0.1) is 0 Å². The highest BCUT2D eigenvalue weighted by Gasteiger charge is 2.02. The van der Waals surface area contributed by atoms with Crippen LogP contribution in [0, 0.1) is 0 Å². The Balaban J connectivity index is 1.77. The molecule has 1 heterocycles. The highest BCUT2D eigenvalue weighted by atomic mass is 35.5. The Morgan fingerprint density at radius 3 is 2.05 bits per heavy atom. The summed E-state index contributed by atoms with van der Waals surface area (Å²) in [5.41, 5.74) is 0.959. The summed E-state index contributed by atoms with van der Waals surface area (Å²) < 4.78 is 10.8. The summed E-state index contributed by atoms with van der Waals surface area (Å²) in [5, 5.41) is 4.37. The molecule has 3 aromatic rings. The molecule has 94 valence electrons. The molecule has 0 bridgehead atoms. The summed E-state index contributed by atoms with van der Waals surface area (Å²) in [6.45, 7) is 0. The van der Waals surface area contributed by atoms with Crippen LogP contribution < -0.4 is 4.74 Å². The second-order valence-electron chi connectivity index (χ2n) is 3.96. The topological polar surface area (TPSA) is 35.3 Å². The van der Waals surface area contributed by atoms with Crippen molar-refractivity contribution in [3.63, 3.8) is 0 Å². The molecule has 3 rings (SSSR count). The van der Waals surface area contributed by atoms with Crippen LogP contribution in [0.3, 0.4) is 0 Å². The minimum Gasteiger partial charge on any atom is -0.457 e. The van der Waals surface area contributed by atoms with Gasteiger partial charge in [-0.05, 0) is 48.5 Å². The third-order valence-corrected chi connectivity index (χ3v) is 2.88. The van der Waals surface area contributed by atoms with Gasteiger partial charge in [0.2, 0.25) is 0 Å². The van der Waals surface area contributed by atoms with E-state index in [9.17, 15) is 0 Å². The van der Waals surface area contributed by atoms with E-state index in [1.54, 1.807) is 18.3 Å². The molecule has 1 aromatic heterocycles. The highest BCUT2D eigenvalue weighted by Crippen LogP contribution is 2.26. The van der Waals surface area contributed by atoms with Crippen LogP contribution >= 0.6 is 11.6 Å². The lowest BCUT2D eigenvalue weighted by atomic mass is 10.2. The van der Waals surface area contributed by atoms with Gasteiger partial charge in [0.25, 0.3) is 0 Å². The van der Waals surface area contributed by atoms with Crippen molar-refractivity contribution in [1.29, 1.82) is 0 Å². The molecule has 0 aliphatic rings. The maximum absolute atomic E-state index is 5.82. The number of rotatable bonds is 3. The number of benzene rings is 2. The average Bonchev–Trinajstić information content (AvgIpc) is 2.96. The zero-order valence-electron chi connectivity index (χ0n) is 9.92. The predicted molar refractivity (Wildman–Crippen MR) is 73.5 cm³/mol. The van der Waals surface area contributed by atoms with Crippen molar-refractivity contribution < 1.29 is 9.26 Å². The predicted octanol–water partition coefficient (Wildman–Crippen LogP) is 4.79. The Morgan fingerprint density at radius 1 is 0.842 bits per heavy atom. The molecule has 0 saturated heterocycles. The molecule has 0 aliphatic heterocycles. The monoisotopic (exact) mass is 271 g/mol. The quantitative estimate of drug-likeness (QED) is 0.687. The number of halogens is 1. The van der Waals surface area contributed by atoms with E-state index in [4.69, 9.17) is 20.9 Å². The summed E-state index contributed by atoms with van der Waals surface area (Å²) in [7, 11) is 0. The molecule has 0 aliphatic carbocycles. The Bertz CT molecular complexity index is 646. The molecular weight excluding hydrogens is 262 g/mol. The van der Waals surface area contributed by atoms with Crippen molar-refractivity contribution >= 4 is 11.6 Å². The Hall–Kier alpha value is -2.26. The number of nitrogens with zero attached hydrogens (tertiary/aromatic N) is 1. The molecule has 0 fully saturated rings. The van der Waals surface area contributed by atoms with Gasteiger partial charge in [-0.1, -0.05) is 16.8 Å². The first kappa shape index (κ1) is 11.8. The largest absolute Gasteiger partial charge is 0.457 e. The lowest BCUT2D eigenvalue weighted by molar-refractivity contribution is 0.432. The maximum Gasteiger partial charge on any atom is 0.166 e. The van der Waals surface area contributed by atoms with Gasteiger partial charge in [0.05, 0.1) is 6.20 Å². The first-order chi connectivity index (χ1) is 9.31. The van der Waals surface area contributed by atoms with E-state index >= 15 is 0 Å². The van der Waals surface area contributed by atoms with Crippen LogP contribution in [0.15, 0.2) is 65.3 Å². The highest BCUT2D eigenvalue weighted by molar-refractivity contribution is 6.30. The zero-order chi connectivity index (χ0) is 13.1. The Morgan fingerprint density at radius 2 is 1.47 bits per heavy atom. The van der Waals surface area contributed by atoms with Gasteiger partial charge in [-0.2, -0.15) is 0 Å². The van der Waals surface area contributed by atoms with Crippen LogP contribution in [0.4, 0.5) is 0 Å². The number of ether oxygens (including phenoxy) is 1. The number of hydrogen-bond donors (Lipinski definition) is 0. The minimum atomic E-state index is 0.688. The summed E-state index contributed by atoms with van der Waals surface area (Å²) in [5.74, 6) is 2.24. The van der Waals surface area contributed by atoms with Gasteiger partial charge in [-0.3, -0.25) is 0 Å². The Kier molecular flexibility index (Phi) is 3.21. The van der Waals surface area contributed by atoms with Crippen LogP contribution in [-0.2, 0) is 0 Å². The van der Waals surface area contributed by atoms with Gasteiger partial charge in [-0.25, -0.2) is 0 Å². The normalized spacial score (nSPS) is 10.4. The van der Waals surface area contributed by atoms with Crippen LogP contribution in [-0.4, -0.2) is 5.16 Å². The first-order valence-electron chi connectivity index (χ1n) is 5.76. The molecule has 0 unspecified atom stereocenters.